The molecule has 24 heavy (non-hydrogen) atoms. The molecule has 1 aliphatic rings. The number of nitriles is 1. The number of rotatable bonds is 3. The fraction of sp³-hybridized carbons (Fsp3) is 0.222. The summed E-state index contributed by atoms with van der Waals surface area (Å²) in [5, 5.41) is 9.90. The maximum absolute atomic E-state index is 12.4. The molecular formula is C18H15ClN2O3. The number of ether oxygens (including phenoxy) is 1. The highest BCUT2D eigenvalue weighted by atomic mass is 35.5. The molecule has 2 aromatic rings. The van der Waals surface area contributed by atoms with E-state index in [2.05, 4.69) is 0 Å². The molecule has 0 saturated carbocycles. The van der Waals surface area contributed by atoms with Crippen molar-refractivity contribution in [1.82, 2.24) is 4.90 Å². The van der Waals surface area contributed by atoms with Crippen molar-refractivity contribution in [3.8, 4) is 17.4 Å². The van der Waals surface area contributed by atoms with Crippen LogP contribution in [0.25, 0.3) is 17.4 Å². The number of benzene rings is 1. The maximum Gasteiger partial charge on any atom is 0.264 e. The second kappa shape index (κ2) is 7.35. The molecule has 3 rings (SSSR count). The van der Waals surface area contributed by atoms with E-state index >= 15 is 0 Å². The van der Waals surface area contributed by atoms with Gasteiger partial charge in [0.2, 0.25) is 0 Å². The van der Waals surface area contributed by atoms with Crippen molar-refractivity contribution in [3.05, 3.63) is 52.8 Å². The number of nitrogens with zero attached hydrogens (tertiary/aromatic N) is 2. The van der Waals surface area contributed by atoms with Gasteiger partial charge in [-0.05, 0) is 24.3 Å². The third-order valence-corrected chi connectivity index (χ3v) is 3.91. The third kappa shape index (κ3) is 3.67. The first kappa shape index (κ1) is 16.3. The van der Waals surface area contributed by atoms with Crippen LogP contribution in [0.5, 0.6) is 0 Å². The summed E-state index contributed by atoms with van der Waals surface area (Å²) in [7, 11) is 0. The van der Waals surface area contributed by atoms with Crippen molar-refractivity contribution >= 4 is 23.6 Å². The molecule has 0 unspecified atom stereocenters. The highest BCUT2D eigenvalue weighted by molar-refractivity contribution is 6.30. The van der Waals surface area contributed by atoms with Crippen molar-refractivity contribution in [3.63, 3.8) is 0 Å². The predicted octanol–water partition coefficient (Wildman–Crippen LogP) is 3.37. The summed E-state index contributed by atoms with van der Waals surface area (Å²) in [5.74, 6) is 0.768. The number of hydrogen-bond donors (Lipinski definition) is 0. The Morgan fingerprint density at radius 1 is 1.25 bits per heavy atom. The summed E-state index contributed by atoms with van der Waals surface area (Å²) in [6.07, 6.45) is 1.46. The molecule has 1 aromatic heterocycles. The number of carbonyl (C=O) groups is 1. The lowest BCUT2D eigenvalue weighted by Crippen LogP contribution is -2.41. The van der Waals surface area contributed by atoms with E-state index in [1.54, 1.807) is 29.2 Å². The van der Waals surface area contributed by atoms with Crippen molar-refractivity contribution in [2.24, 2.45) is 0 Å². The Hall–Kier alpha value is -2.55. The van der Waals surface area contributed by atoms with E-state index in [1.807, 2.05) is 18.2 Å². The fourth-order valence-corrected chi connectivity index (χ4v) is 2.64. The van der Waals surface area contributed by atoms with Crippen LogP contribution in [0.1, 0.15) is 5.76 Å². The van der Waals surface area contributed by atoms with Crippen LogP contribution in [0, 0.1) is 11.3 Å². The molecule has 1 aliphatic heterocycles. The van der Waals surface area contributed by atoms with Gasteiger partial charge >= 0.3 is 0 Å². The van der Waals surface area contributed by atoms with Gasteiger partial charge in [0.05, 0.1) is 13.2 Å². The van der Waals surface area contributed by atoms with Crippen molar-refractivity contribution in [2.45, 2.75) is 0 Å². The number of hydrogen-bond acceptors (Lipinski definition) is 4. The Bertz CT molecular complexity index is 814. The lowest BCUT2D eigenvalue weighted by Gasteiger charge is -2.26. The summed E-state index contributed by atoms with van der Waals surface area (Å²) in [6, 6.07) is 12.7. The second-order valence-corrected chi connectivity index (χ2v) is 5.72. The quantitative estimate of drug-likeness (QED) is 0.633. The van der Waals surface area contributed by atoms with E-state index < -0.39 is 0 Å². The average molecular weight is 343 g/mol. The first-order valence-electron chi connectivity index (χ1n) is 7.52. The van der Waals surface area contributed by atoms with Gasteiger partial charge in [0.1, 0.15) is 23.2 Å². The highest BCUT2D eigenvalue weighted by Crippen LogP contribution is 2.25. The van der Waals surface area contributed by atoms with E-state index in [0.717, 1.165) is 5.56 Å². The first-order valence-corrected chi connectivity index (χ1v) is 7.90. The van der Waals surface area contributed by atoms with E-state index in [4.69, 9.17) is 20.8 Å². The van der Waals surface area contributed by atoms with Gasteiger partial charge in [-0.25, -0.2) is 0 Å². The molecule has 0 aliphatic carbocycles. The third-order valence-electron chi connectivity index (χ3n) is 3.67. The number of furan rings is 1. The zero-order chi connectivity index (χ0) is 16.9. The monoisotopic (exact) mass is 342 g/mol. The van der Waals surface area contributed by atoms with Crippen LogP contribution < -0.4 is 0 Å². The fourth-order valence-electron chi connectivity index (χ4n) is 2.45. The Morgan fingerprint density at radius 3 is 2.75 bits per heavy atom. The minimum atomic E-state index is -0.304. The van der Waals surface area contributed by atoms with Crippen LogP contribution in [-0.2, 0) is 9.53 Å². The lowest BCUT2D eigenvalue weighted by atomic mass is 10.2. The summed E-state index contributed by atoms with van der Waals surface area (Å²) in [4.78, 5) is 14.0. The largest absolute Gasteiger partial charge is 0.457 e. The SMILES string of the molecule is N#C/C(=C/c1ccc(-c2cccc(Cl)c2)o1)C(=O)N1CCOCC1. The van der Waals surface area contributed by atoms with E-state index in [9.17, 15) is 10.1 Å². The zero-order valence-corrected chi connectivity index (χ0v) is 13.6. The minimum absolute atomic E-state index is 0.0453. The van der Waals surface area contributed by atoms with Gasteiger partial charge in [-0.3, -0.25) is 4.79 Å². The number of halogens is 1. The molecule has 1 aromatic carbocycles. The van der Waals surface area contributed by atoms with E-state index in [-0.39, 0.29) is 11.5 Å². The van der Waals surface area contributed by atoms with Crippen LogP contribution in [0.3, 0.4) is 0 Å². The molecule has 122 valence electrons. The topological polar surface area (TPSA) is 66.5 Å². The molecule has 1 fully saturated rings. The van der Waals surface area contributed by atoms with Crippen LogP contribution >= 0.6 is 11.6 Å². The molecule has 0 bridgehead atoms. The molecule has 5 nitrogen and oxygen atoms in total. The molecule has 0 spiro atoms. The van der Waals surface area contributed by atoms with Gasteiger partial charge in [-0.15, -0.1) is 0 Å². The molecule has 0 atom stereocenters. The number of amides is 1. The summed E-state index contributed by atoms with van der Waals surface area (Å²) in [5.41, 5.74) is 0.879. The van der Waals surface area contributed by atoms with Crippen molar-refractivity contribution in [2.75, 3.05) is 26.3 Å². The summed E-state index contributed by atoms with van der Waals surface area (Å²) in [6.45, 7) is 1.96. The van der Waals surface area contributed by atoms with Crippen molar-refractivity contribution in [1.29, 1.82) is 5.26 Å². The van der Waals surface area contributed by atoms with Gasteiger partial charge in [0.15, 0.2) is 0 Å². The van der Waals surface area contributed by atoms with Gasteiger partial charge in [-0.1, -0.05) is 23.7 Å². The van der Waals surface area contributed by atoms with Gasteiger partial charge in [-0.2, -0.15) is 5.26 Å². The highest BCUT2D eigenvalue weighted by Gasteiger charge is 2.21. The number of morpholine rings is 1. The van der Waals surface area contributed by atoms with Crippen LogP contribution in [0.4, 0.5) is 0 Å². The van der Waals surface area contributed by atoms with Gasteiger partial charge in [0, 0.05) is 29.8 Å². The normalized spacial score (nSPS) is 15.2. The minimum Gasteiger partial charge on any atom is -0.457 e. The summed E-state index contributed by atoms with van der Waals surface area (Å²) < 4.78 is 10.9. The molecule has 0 N–H and O–H groups in total. The van der Waals surface area contributed by atoms with E-state index in [1.165, 1.54) is 6.08 Å². The zero-order valence-electron chi connectivity index (χ0n) is 12.9. The Kier molecular flexibility index (Phi) is 4.99. The molecule has 2 heterocycles. The van der Waals surface area contributed by atoms with Gasteiger partial charge in [0.25, 0.3) is 5.91 Å². The smallest absolute Gasteiger partial charge is 0.264 e. The molecule has 6 heteroatoms. The number of carbonyl (C=O) groups excluding carboxylic acids is 1. The van der Waals surface area contributed by atoms with Crippen LogP contribution in [-0.4, -0.2) is 37.1 Å². The molecular weight excluding hydrogens is 328 g/mol. The van der Waals surface area contributed by atoms with Crippen LogP contribution in [0.2, 0.25) is 5.02 Å². The average Bonchev–Trinajstić information content (AvgIpc) is 3.08. The second-order valence-electron chi connectivity index (χ2n) is 5.29. The molecule has 1 saturated heterocycles. The Balaban J connectivity index is 1.82. The van der Waals surface area contributed by atoms with Gasteiger partial charge < -0.3 is 14.1 Å². The molecule has 1 amide bonds. The lowest BCUT2D eigenvalue weighted by molar-refractivity contribution is -0.130. The summed E-state index contributed by atoms with van der Waals surface area (Å²) >= 11 is 5.98. The van der Waals surface area contributed by atoms with E-state index in [0.29, 0.717) is 42.8 Å². The Labute approximate surface area is 144 Å². The molecule has 0 radical (unpaired) electrons. The van der Waals surface area contributed by atoms with Crippen LogP contribution in [0.15, 0.2) is 46.4 Å². The first-order chi connectivity index (χ1) is 11.7. The predicted molar refractivity (Wildman–Crippen MR) is 90.1 cm³/mol. The maximum atomic E-state index is 12.4. The van der Waals surface area contributed by atoms with Crippen molar-refractivity contribution < 1.29 is 13.9 Å². The Morgan fingerprint density at radius 2 is 2.04 bits per heavy atom. The standard InChI is InChI=1S/C18H15ClN2O3/c19-15-3-1-2-13(10-15)17-5-4-16(24-17)11-14(12-20)18(22)21-6-8-23-9-7-21/h1-5,10-11H,6-9H2/b14-11-.